The summed E-state index contributed by atoms with van der Waals surface area (Å²) >= 11 is 0. The minimum Gasteiger partial charge on any atom is -0.369 e. The summed E-state index contributed by atoms with van der Waals surface area (Å²) in [5.74, 6) is 0. The second-order valence-corrected chi connectivity index (χ2v) is 9.15. The minimum atomic E-state index is -0.387. The number of nitro benzene ring substituents is 1. The molecule has 1 fully saturated rings. The van der Waals surface area contributed by atoms with Crippen molar-refractivity contribution in [2.24, 2.45) is 4.99 Å². The van der Waals surface area contributed by atoms with Gasteiger partial charge in [0, 0.05) is 62.1 Å². The number of nitrogens with zero attached hydrogens (tertiary/aromatic N) is 4. The van der Waals surface area contributed by atoms with Crippen molar-refractivity contribution in [1.29, 1.82) is 0 Å². The van der Waals surface area contributed by atoms with Gasteiger partial charge in [-0.1, -0.05) is 24.3 Å². The molecule has 3 aromatic carbocycles. The van der Waals surface area contributed by atoms with E-state index in [2.05, 4.69) is 69.6 Å². The Labute approximate surface area is 211 Å². The number of fused-ring (bicyclic) bond motifs is 1. The third-order valence-corrected chi connectivity index (χ3v) is 6.64. The summed E-state index contributed by atoms with van der Waals surface area (Å²) in [6, 6.07) is 21.5. The standard InChI is InChI=1S/C29H29N5O2/c1-32-14-16-33(17-15-32)27-12-8-26(9-13-27)31-21-25-20-30-19-24-7-4-23(18-29(24)25)3-2-22-5-10-28(11-6-22)34(35)36/h2-13,18-19,21,31H,14-17,20H2,1H3. The van der Waals surface area contributed by atoms with Gasteiger partial charge in [-0.2, -0.15) is 0 Å². The highest BCUT2D eigenvalue weighted by molar-refractivity contribution is 5.93. The lowest BCUT2D eigenvalue weighted by Gasteiger charge is -2.34. The summed E-state index contributed by atoms with van der Waals surface area (Å²) in [4.78, 5) is 19.8. The van der Waals surface area contributed by atoms with Gasteiger partial charge in [0.2, 0.25) is 0 Å². The van der Waals surface area contributed by atoms with Crippen LogP contribution in [0.5, 0.6) is 0 Å². The lowest BCUT2D eigenvalue weighted by Crippen LogP contribution is -2.44. The summed E-state index contributed by atoms with van der Waals surface area (Å²) < 4.78 is 0. The molecule has 2 aliphatic heterocycles. The van der Waals surface area contributed by atoms with Gasteiger partial charge in [0.05, 0.1) is 11.5 Å². The number of nitro groups is 1. The first-order valence-electron chi connectivity index (χ1n) is 12.1. The second kappa shape index (κ2) is 10.6. The summed E-state index contributed by atoms with van der Waals surface area (Å²) in [5.41, 5.74) is 7.74. The Morgan fingerprint density at radius 1 is 0.917 bits per heavy atom. The molecule has 36 heavy (non-hydrogen) atoms. The van der Waals surface area contributed by atoms with Crippen LogP contribution < -0.4 is 10.2 Å². The van der Waals surface area contributed by atoms with Gasteiger partial charge in [0.25, 0.3) is 5.69 Å². The van der Waals surface area contributed by atoms with Crippen molar-refractivity contribution in [1.82, 2.24) is 4.90 Å². The van der Waals surface area contributed by atoms with E-state index in [9.17, 15) is 10.1 Å². The van der Waals surface area contributed by atoms with Crippen molar-refractivity contribution < 1.29 is 4.92 Å². The summed E-state index contributed by atoms with van der Waals surface area (Å²) in [5, 5.41) is 14.3. The summed E-state index contributed by atoms with van der Waals surface area (Å²) in [6.45, 7) is 4.93. The van der Waals surface area contributed by atoms with E-state index in [0.717, 1.165) is 59.7 Å². The van der Waals surface area contributed by atoms with E-state index in [-0.39, 0.29) is 10.6 Å². The monoisotopic (exact) mass is 479 g/mol. The number of piperazine rings is 1. The molecule has 7 nitrogen and oxygen atoms in total. The number of hydrogen-bond donors (Lipinski definition) is 1. The molecule has 0 aromatic heterocycles. The van der Waals surface area contributed by atoms with Crippen LogP contribution in [0.1, 0.15) is 22.3 Å². The molecule has 2 heterocycles. The third-order valence-electron chi connectivity index (χ3n) is 6.64. The number of likely N-dealkylation sites (N-methyl/N-ethyl adjacent to an activating group) is 1. The Morgan fingerprint density at radius 3 is 2.33 bits per heavy atom. The molecular formula is C29H29N5O2. The number of anilines is 2. The largest absolute Gasteiger partial charge is 0.369 e. The maximum absolute atomic E-state index is 10.9. The van der Waals surface area contributed by atoms with Crippen molar-refractivity contribution in [2.75, 3.05) is 50.0 Å². The SMILES string of the molecule is CN1CCN(c2ccc(NC=C3CN=Cc4ccc(C=Cc5ccc([N+](=O)[O-])cc5)cc43)cc2)CC1. The fourth-order valence-electron chi connectivity index (χ4n) is 4.42. The fourth-order valence-corrected chi connectivity index (χ4v) is 4.42. The molecule has 0 saturated carbocycles. The quantitative estimate of drug-likeness (QED) is 0.291. The maximum atomic E-state index is 10.9. The van der Waals surface area contributed by atoms with Crippen LogP contribution in [-0.2, 0) is 0 Å². The first-order valence-corrected chi connectivity index (χ1v) is 12.1. The molecule has 5 rings (SSSR count). The normalized spacial score (nSPS) is 16.9. The average molecular weight is 480 g/mol. The molecule has 0 unspecified atom stereocenters. The number of nitrogens with one attached hydrogen (secondary N) is 1. The molecule has 3 aromatic rings. The Morgan fingerprint density at radius 2 is 1.61 bits per heavy atom. The van der Waals surface area contributed by atoms with E-state index in [1.165, 1.54) is 17.8 Å². The van der Waals surface area contributed by atoms with Crippen LogP contribution in [0.15, 0.2) is 77.9 Å². The first-order chi connectivity index (χ1) is 17.5. The van der Waals surface area contributed by atoms with Gasteiger partial charge in [-0.25, -0.2) is 0 Å². The zero-order valence-corrected chi connectivity index (χ0v) is 20.3. The molecular weight excluding hydrogens is 450 g/mol. The van der Waals surface area contributed by atoms with E-state index in [1.54, 1.807) is 12.1 Å². The smallest absolute Gasteiger partial charge is 0.269 e. The van der Waals surface area contributed by atoms with E-state index >= 15 is 0 Å². The lowest BCUT2D eigenvalue weighted by molar-refractivity contribution is -0.384. The van der Waals surface area contributed by atoms with Gasteiger partial charge < -0.3 is 15.1 Å². The van der Waals surface area contributed by atoms with Gasteiger partial charge in [-0.15, -0.1) is 0 Å². The van der Waals surface area contributed by atoms with Crippen LogP contribution in [0.4, 0.5) is 17.1 Å². The minimum absolute atomic E-state index is 0.0939. The van der Waals surface area contributed by atoms with Crippen LogP contribution in [0.3, 0.4) is 0 Å². The molecule has 2 aliphatic rings. The molecule has 0 aliphatic carbocycles. The molecule has 182 valence electrons. The van der Waals surface area contributed by atoms with E-state index in [1.807, 2.05) is 24.6 Å². The predicted molar refractivity (Wildman–Crippen MR) is 149 cm³/mol. The van der Waals surface area contributed by atoms with Crippen molar-refractivity contribution >= 4 is 41.0 Å². The van der Waals surface area contributed by atoms with E-state index in [0.29, 0.717) is 6.54 Å². The number of rotatable bonds is 6. The van der Waals surface area contributed by atoms with Crippen molar-refractivity contribution in [3.8, 4) is 0 Å². The number of benzene rings is 3. The van der Waals surface area contributed by atoms with Crippen LogP contribution in [0.25, 0.3) is 17.7 Å². The molecule has 7 heteroatoms. The molecule has 0 atom stereocenters. The molecule has 0 radical (unpaired) electrons. The zero-order valence-electron chi connectivity index (χ0n) is 20.3. The fraction of sp³-hybridized carbons (Fsp3) is 0.207. The maximum Gasteiger partial charge on any atom is 0.269 e. The summed E-state index contributed by atoms with van der Waals surface area (Å²) in [6.07, 6.45) is 7.95. The van der Waals surface area contributed by atoms with Crippen LogP contribution in [-0.4, -0.2) is 55.8 Å². The highest BCUT2D eigenvalue weighted by Crippen LogP contribution is 2.26. The van der Waals surface area contributed by atoms with E-state index < -0.39 is 0 Å². The topological polar surface area (TPSA) is 74.0 Å². The van der Waals surface area contributed by atoms with E-state index in [4.69, 9.17) is 0 Å². The third kappa shape index (κ3) is 5.53. The number of hydrogen-bond acceptors (Lipinski definition) is 6. The van der Waals surface area contributed by atoms with Gasteiger partial charge in [-0.05, 0) is 77.3 Å². The van der Waals surface area contributed by atoms with Crippen LogP contribution in [0, 0.1) is 10.1 Å². The Bertz CT molecular complexity index is 1320. The Balaban J connectivity index is 1.28. The Hall–Kier alpha value is -4.23. The van der Waals surface area contributed by atoms with Crippen molar-refractivity contribution in [3.63, 3.8) is 0 Å². The average Bonchev–Trinajstić information content (AvgIpc) is 2.91. The highest BCUT2D eigenvalue weighted by atomic mass is 16.6. The second-order valence-electron chi connectivity index (χ2n) is 9.15. The lowest BCUT2D eigenvalue weighted by atomic mass is 9.96. The highest BCUT2D eigenvalue weighted by Gasteiger charge is 2.14. The summed E-state index contributed by atoms with van der Waals surface area (Å²) in [7, 11) is 2.17. The Kier molecular flexibility index (Phi) is 6.91. The zero-order chi connectivity index (χ0) is 24.9. The van der Waals surface area contributed by atoms with Crippen molar-refractivity contribution in [3.05, 3.63) is 105 Å². The van der Waals surface area contributed by atoms with Gasteiger partial charge in [0.1, 0.15) is 0 Å². The number of aliphatic imine (C=N–C) groups is 1. The molecule has 1 saturated heterocycles. The van der Waals surface area contributed by atoms with Gasteiger partial charge in [-0.3, -0.25) is 15.1 Å². The van der Waals surface area contributed by atoms with Gasteiger partial charge >= 0.3 is 0 Å². The molecule has 0 bridgehead atoms. The van der Waals surface area contributed by atoms with Crippen LogP contribution >= 0.6 is 0 Å². The predicted octanol–water partition coefficient (Wildman–Crippen LogP) is 5.40. The van der Waals surface area contributed by atoms with Crippen LogP contribution in [0.2, 0.25) is 0 Å². The number of non-ortho nitro benzene ring substituents is 1. The van der Waals surface area contributed by atoms with Gasteiger partial charge in [0.15, 0.2) is 0 Å². The molecule has 0 spiro atoms. The first kappa shape index (κ1) is 23.5. The van der Waals surface area contributed by atoms with Crippen molar-refractivity contribution in [2.45, 2.75) is 0 Å². The molecule has 1 N–H and O–H groups in total. The molecule has 0 amide bonds.